The maximum absolute atomic E-state index is 8.59. The van der Waals surface area contributed by atoms with Crippen molar-refractivity contribution in [3.8, 4) is 6.07 Å². The molecule has 60 valence electrons. The molecule has 1 heterocycles. The van der Waals surface area contributed by atoms with Crippen LogP contribution in [0.4, 0.5) is 0 Å². The van der Waals surface area contributed by atoms with Gasteiger partial charge in [-0.25, -0.2) is 4.98 Å². The number of nitriles is 1. The fourth-order valence-electron chi connectivity index (χ4n) is 1.46. The summed E-state index contributed by atoms with van der Waals surface area (Å²) in [5, 5.41) is 8.59. The highest BCUT2D eigenvalue weighted by molar-refractivity contribution is 5.32. The molecule has 0 aliphatic heterocycles. The molecule has 2 rings (SSSR count). The van der Waals surface area contributed by atoms with Gasteiger partial charge in [0.25, 0.3) is 0 Å². The maximum Gasteiger partial charge on any atom is 0.140 e. The SMILES string of the molecule is Cc1nc(C#N)ccc1C1CC1. The molecular formula is C10H10N2. The second kappa shape index (κ2) is 2.60. The van der Waals surface area contributed by atoms with Crippen LogP contribution in [0.25, 0.3) is 0 Å². The number of rotatable bonds is 1. The Bertz CT molecular complexity index is 345. The lowest BCUT2D eigenvalue weighted by Crippen LogP contribution is -1.92. The van der Waals surface area contributed by atoms with E-state index < -0.39 is 0 Å². The molecule has 0 bridgehead atoms. The van der Waals surface area contributed by atoms with Crippen molar-refractivity contribution in [2.24, 2.45) is 0 Å². The van der Waals surface area contributed by atoms with Crippen molar-refractivity contribution in [1.82, 2.24) is 4.98 Å². The van der Waals surface area contributed by atoms with Gasteiger partial charge in [-0.15, -0.1) is 0 Å². The monoisotopic (exact) mass is 158 g/mol. The van der Waals surface area contributed by atoms with Crippen LogP contribution in [-0.2, 0) is 0 Å². The molecular weight excluding hydrogens is 148 g/mol. The van der Waals surface area contributed by atoms with Crippen LogP contribution in [0.3, 0.4) is 0 Å². The number of aryl methyl sites for hydroxylation is 1. The van der Waals surface area contributed by atoms with E-state index in [-0.39, 0.29) is 0 Å². The summed E-state index contributed by atoms with van der Waals surface area (Å²) in [5.74, 6) is 0.727. The summed E-state index contributed by atoms with van der Waals surface area (Å²) in [6.07, 6.45) is 2.57. The molecule has 12 heavy (non-hydrogen) atoms. The second-order valence-corrected chi connectivity index (χ2v) is 3.26. The van der Waals surface area contributed by atoms with Gasteiger partial charge in [0.15, 0.2) is 0 Å². The molecule has 0 unspecified atom stereocenters. The summed E-state index contributed by atoms with van der Waals surface area (Å²) in [4.78, 5) is 4.19. The van der Waals surface area contributed by atoms with E-state index in [0.29, 0.717) is 5.69 Å². The van der Waals surface area contributed by atoms with Gasteiger partial charge in [-0.1, -0.05) is 6.07 Å². The van der Waals surface area contributed by atoms with Gasteiger partial charge in [0.2, 0.25) is 0 Å². The van der Waals surface area contributed by atoms with Crippen molar-refractivity contribution in [2.45, 2.75) is 25.7 Å². The topological polar surface area (TPSA) is 36.7 Å². The highest BCUT2D eigenvalue weighted by atomic mass is 14.7. The first-order valence-electron chi connectivity index (χ1n) is 4.19. The lowest BCUT2D eigenvalue weighted by molar-refractivity contribution is 1.03. The Morgan fingerprint density at radius 3 is 2.75 bits per heavy atom. The highest BCUT2D eigenvalue weighted by Crippen LogP contribution is 2.40. The Labute approximate surface area is 71.9 Å². The van der Waals surface area contributed by atoms with Crippen LogP contribution in [0, 0.1) is 18.3 Å². The number of pyridine rings is 1. The minimum atomic E-state index is 0.525. The molecule has 1 saturated carbocycles. The maximum atomic E-state index is 8.59. The predicted molar refractivity (Wildman–Crippen MR) is 45.7 cm³/mol. The average molecular weight is 158 g/mol. The van der Waals surface area contributed by atoms with Gasteiger partial charge in [-0.05, 0) is 37.3 Å². The summed E-state index contributed by atoms with van der Waals surface area (Å²) in [6, 6.07) is 5.89. The summed E-state index contributed by atoms with van der Waals surface area (Å²) >= 11 is 0. The summed E-state index contributed by atoms with van der Waals surface area (Å²) in [5.41, 5.74) is 2.88. The van der Waals surface area contributed by atoms with Gasteiger partial charge in [-0.3, -0.25) is 0 Å². The van der Waals surface area contributed by atoms with Gasteiger partial charge in [-0.2, -0.15) is 5.26 Å². The number of hydrogen-bond donors (Lipinski definition) is 0. The molecule has 2 heteroatoms. The molecule has 0 spiro atoms. The molecule has 1 aromatic rings. The Morgan fingerprint density at radius 1 is 1.50 bits per heavy atom. The molecule has 0 atom stereocenters. The molecule has 1 aromatic heterocycles. The zero-order valence-electron chi connectivity index (χ0n) is 7.04. The largest absolute Gasteiger partial charge is 0.242 e. The Morgan fingerprint density at radius 2 is 2.25 bits per heavy atom. The summed E-state index contributed by atoms with van der Waals surface area (Å²) < 4.78 is 0. The van der Waals surface area contributed by atoms with Crippen molar-refractivity contribution in [1.29, 1.82) is 5.26 Å². The van der Waals surface area contributed by atoms with E-state index >= 15 is 0 Å². The predicted octanol–water partition coefficient (Wildman–Crippen LogP) is 2.14. The molecule has 1 aliphatic carbocycles. The molecule has 0 saturated heterocycles. The fourth-order valence-corrected chi connectivity index (χ4v) is 1.46. The normalized spacial score (nSPS) is 15.7. The van der Waals surface area contributed by atoms with E-state index in [1.807, 2.05) is 19.1 Å². The standard InChI is InChI=1S/C10H10N2/c1-7-10(8-2-3-8)5-4-9(6-11)12-7/h4-5,8H,2-3H2,1H3. The van der Waals surface area contributed by atoms with Gasteiger partial charge in [0.1, 0.15) is 11.8 Å². The first-order valence-corrected chi connectivity index (χ1v) is 4.19. The zero-order valence-corrected chi connectivity index (χ0v) is 7.04. The number of hydrogen-bond acceptors (Lipinski definition) is 2. The van der Waals surface area contributed by atoms with Crippen molar-refractivity contribution in [3.05, 3.63) is 29.1 Å². The molecule has 0 amide bonds. The van der Waals surface area contributed by atoms with E-state index in [9.17, 15) is 0 Å². The smallest absolute Gasteiger partial charge is 0.140 e. The molecule has 0 aromatic carbocycles. The lowest BCUT2D eigenvalue weighted by atomic mass is 10.1. The second-order valence-electron chi connectivity index (χ2n) is 3.26. The first-order chi connectivity index (χ1) is 5.81. The van der Waals surface area contributed by atoms with Crippen molar-refractivity contribution in [2.75, 3.05) is 0 Å². The van der Waals surface area contributed by atoms with Gasteiger partial charge < -0.3 is 0 Å². The van der Waals surface area contributed by atoms with Crippen LogP contribution in [0.2, 0.25) is 0 Å². The Kier molecular flexibility index (Phi) is 1.58. The number of nitrogens with zero attached hydrogens (tertiary/aromatic N) is 2. The molecule has 2 nitrogen and oxygen atoms in total. The minimum absolute atomic E-state index is 0.525. The van der Waals surface area contributed by atoms with Crippen LogP contribution < -0.4 is 0 Å². The van der Waals surface area contributed by atoms with Crippen LogP contribution in [0.15, 0.2) is 12.1 Å². The van der Waals surface area contributed by atoms with Gasteiger partial charge >= 0.3 is 0 Å². The van der Waals surface area contributed by atoms with Crippen LogP contribution in [0.1, 0.15) is 35.7 Å². The zero-order chi connectivity index (χ0) is 8.55. The van der Waals surface area contributed by atoms with E-state index in [2.05, 4.69) is 4.98 Å². The Balaban J connectivity index is 2.40. The fraction of sp³-hybridized carbons (Fsp3) is 0.400. The van der Waals surface area contributed by atoms with E-state index in [1.165, 1.54) is 18.4 Å². The average Bonchev–Trinajstić information content (AvgIpc) is 2.87. The first kappa shape index (κ1) is 7.30. The van der Waals surface area contributed by atoms with Crippen molar-refractivity contribution < 1.29 is 0 Å². The van der Waals surface area contributed by atoms with Crippen LogP contribution >= 0.6 is 0 Å². The third-order valence-electron chi connectivity index (χ3n) is 2.26. The quantitative estimate of drug-likeness (QED) is 0.627. The molecule has 0 radical (unpaired) electrons. The summed E-state index contributed by atoms with van der Waals surface area (Å²) in [7, 11) is 0. The minimum Gasteiger partial charge on any atom is -0.242 e. The third-order valence-corrected chi connectivity index (χ3v) is 2.26. The molecule has 1 aliphatic rings. The van der Waals surface area contributed by atoms with E-state index in [4.69, 9.17) is 5.26 Å². The van der Waals surface area contributed by atoms with E-state index in [1.54, 1.807) is 6.07 Å². The Hall–Kier alpha value is -1.36. The van der Waals surface area contributed by atoms with Gasteiger partial charge in [0.05, 0.1) is 0 Å². The van der Waals surface area contributed by atoms with Crippen molar-refractivity contribution in [3.63, 3.8) is 0 Å². The van der Waals surface area contributed by atoms with Crippen LogP contribution in [0.5, 0.6) is 0 Å². The lowest BCUT2D eigenvalue weighted by Gasteiger charge is -2.01. The van der Waals surface area contributed by atoms with Crippen LogP contribution in [-0.4, -0.2) is 4.98 Å². The molecule has 0 N–H and O–H groups in total. The van der Waals surface area contributed by atoms with Gasteiger partial charge in [0, 0.05) is 5.69 Å². The molecule has 1 fully saturated rings. The third kappa shape index (κ3) is 1.18. The highest BCUT2D eigenvalue weighted by Gasteiger charge is 2.25. The summed E-state index contributed by atoms with van der Waals surface area (Å²) in [6.45, 7) is 1.98. The number of aromatic nitrogens is 1. The van der Waals surface area contributed by atoms with Crippen molar-refractivity contribution >= 4 is 0 Å². The van der Waals surface area contributed by atoms with E-state index in [0.717, 1.165) is 11.6 Å².